The molecule has 3 heteroatoms. The summed E-state index contributed by atoms with van der Waals surface area (Å²) in [6.07, 6.45) is 2.03. The minimum atomic E-state index is 0.416. The molecule has 0 spiro atoms. The van der Waals surface area contributed by atoms with Gasteiger partial charge in [-0.25, -0.2) is 0 Å². The van der Waals surface area contributed by atoms with Crippen LogP contribution in [0.5, 0.6) is 0 Å². The Kier molecular flexibility index (Phi) is 4.25. The molecule has 0 unspecified atom stereocenters. The first-order chi connectivity index (χ1) is 9.06. The van der Waals surface area contributed by atoms with Gasteiger partial charge in [-0.05, 0) is 43.5 Å². The number of nitrogens with one attached hydrogen (secondary N) is 1. The lowest BCUT2D eigenvalue weighted by Crippen LogP contribution is -2.04. The number of hydrogen-bond donors (Lipinski definition) is 1. The summed E-state index contributed by atoms with van der Waals surface area (Å²) in [6.45, 7) is 9.45. The van der Waals surface area contributed by atoms with Crippen molar-refractivity contribution in [2.45, 2.75) is 46.2 Å². The minimum Gasteiger partial charge on any atom is -0.379 e. The molecule has 0 fully saturated rings. The molecule has 102 valence electrons. The predicted octanol–water partition coefficient (Wildman–Crippen LogP) is 4.20. The van der Waals surface area contributed by atoms with E-state index in [1.54, 1.807) is 0 Å². The molecule has 1 N–H and O–H groups in total. The average Bonchev–Trinajstić information content (AvgIpc) is 2.86. The summed E-state index contributed by atoms with van der Waals surface area (Å²) in [5, 5.41) is 7.93. The quantitative estimate of drug-likeness (QED) is 0.870. The smallest absolute Gasteiger partial charge is 0.0815 e. The highest BCUT2D eigenvalue weighted by atomic mass is 15.3. The van der Waals surface area contributed by atoms with E-state index in [2.05, 4.69) is 68.4 Å². The number of benzene rings is 1. The largest absolute Gasteiger partial charge is 0.379 e. The fourth-order valence-electron chi connectivity index (χ4n) is 1.94. The van der Waals surface area contributed by atoms with Gasteiger partial charge in [-0.2, -0.15) is 5.10 Å². The van der Waals surface area contributed by atoms with Gasteiger partial charge in [0.2, 0.25) is 0 Å². The van der Waals surface area contributed by atoms with E-state index in [0.717, 1.165) is 17.9 Å². The van der Waals surface area contributed by atoms with Crippen LogP contribution in [0.4, 0.5) is 5.69 Å². The van der Waals surface area contributed by atoms with E-state index < -0.39 is 0 Å². The van der Waals surface area contributed by atoms with Crippen molar-refractivity contribution in [3.63, 3.8) is 0 Å². The molecule has 19 heavy (non-hydrogen) atoms. The molecule has 0 bridgehead atoms. The van der Waals surface area contributed by atoms with E-state index in [-0.39, 0.29) is 0 Å². The van der Waals surface area contributed by atoms with Gasteiger partial charge < -0.3 is 5.32 Å². The van der Waals surface area contributed by atoms with Crippen LogP contribution in [-0.2, 0) is 6.54 Å². The van der Waals surface area contributed by atoms with Crippen molar-refractivity contribution in [2.75, 3.05) is 5.32 Å². The molecule has 0 radical (unpaired) electrons. The van der Waals surface area contributed by atoms with Crippen LogP contribution >= 0.6 is 0 Å². The summed E-state index contributed by atoms with van der Waals surface area (Å²) in [5.41, 5.74) is 3.58. The molecule has 1 heterocycles. The van der Waals surface area contributed by atoms with Crippen molar-refractivity contribution in [3.05, 3.63) is 47.8 Å². The standard InChI is InChI=1S/C16H23N3/c1-12(2)14-5-7-15(8-6-14)17-11-16-9-10-19(18-16)13(3)4/h5-10,12-13,17H,11H2,1-4H3. The van der Waals surface area contributed by atoms with Crippen LogP contribution in [-0.4, -0.2) is 9.78 Å². The Labute approximate surface area is 115 Å². The summed E-state index contributed by atoms with van der Waals surface area (Å²) in [6, 6.07) is 11.1. The fourth-order valence-corrected chi connectivity index (χ4v) is 1.94. The number of rotatable bonds is 5. The van der Waals surface area contributed by atoms with E-state index in [9.17, 15) is 0 Å². The normalized spacial score (nSPS) is 11.3. The lowest BCUT2D eigenvalue weighted by molar-refractivity contribution is 0.527. The van der Waals surface area contributed by atoms with Gasteiger partial charge in [-0.15, -0.1) is 0 Å². The summed E-state index contributed by atoms with van der Waals surface area (Å²) in [5.74, 6) is 0.579. The SMILES string of the molecule is CC(C)c1ccc(NCc2ccn(C(C)C)n2)cc1. The average molecular weight is 257 g/mol. The van der Waals surface area contributed by atoms with Gasteiger partial charge in [-0.3, -0.25) is 4.68 Å². The number of anilines is 1. The zero-order chi connectivity index (χ0) is 13.8. The molecule has 1 aromatic heterocycles. The predicted molar refractivity (Wildman–Crippen MR) is 80.5 cm³/mol. The highest BCUT2D eigenvalue weighted by Gasteiger charge is 2.02. The molecule has 2 aromatic rings. The Hall–Kier alpha value is -1.77. The molecule has 0 aliphatic carbocycles. The van der Waals surface area contributed by atoms with E-state index >= 15 is 0 Å². The molecule has 1 aromatic carbocycles. The molecular weight excluding hydrogens is 234 g/mol. The summed E-state index contributed by atoms with van der Waals surface area (Å²) in [4.78, 5) is 0. The lowest BCUT2D eigenvalue weighted by atomic mass is 10.0. The zero-order valence-electron chi connectivity index (χ0n) is 12.2. The molecule has 0 amide bonds. The third-order valence-corrected chi connectivity index (χ3v) is 3.24. The summed E-state index contributed by atoms with van der Waals surface area (Å²) in [7, 11) is 0. The Morgan fingerprint density at radius 3 is 2.26 bits per heavy atom. The maximum atomic E-state index is 4.52. The van der Waals surface area contributed by atoms with Crippen molar-refractivity contribution in [3.8, 4) is 0 Å². The van der Waals surface area contributed by atoms with E-state index in [1.807, 2.05) is 10.9 Å². The van der Waals surface area contributed by atoms with Crippen LogP contribution in [0.25, 0.3) is 0 Å². The molecule has 0 saturated carbocycles. The molecule has 2 rings (SSSR count). The van der Waals surface area contributed by atoms with Gasteiger partial charge in [0.1, 0.15) is 0 Å². The Morgan fingerprint density at radius 2 is 1.74 bits per heavy atom. The van der Waals surface area contributed by atoms with Crippen molar-refractivity contribution in [1.29, 1.82) is 0 Å². The van der Waals surface area contributed by atoms with Crippen LogP contribution < -0.4 is 5.32 Å². The highest BCUT2D eigenvalue weighted by molar-refractivity contribution is 5.45. The second-order valence-electron chi connectivity index (χ2n) is 5.51. The fraction of sp³-hybridized carbons (Fsp3) is 0.438. The molecular formula is C16H23N3. The highest BCUT2D eigenvalue weighted by Crippen LogP contribution is 2.17. The van der Waals surface area contributed by atoms with Gasteiger partial charge in [0.15, 0.2) is 0 Å². The molecule has 0 aliphatic rings. The number of aromatic nitrogens is 2. The third-order valence-electron chi connectivity index (χ3n) is 3.24. The van der Waals surface area contributed by atoms with Gasteiger partial charge in [-0.1, -0.05) is 26.0 Å². The first-order valence-electron chi connectivity index (χ1n) is 6.94. The Balaban J connectivity index is 1.94. The first kappa shape index (κ1) is 13.7. The van der Waals surface area contributed by atoms with Crippen LogP contribution in [0.3, 0.4) is 0 Å². The van der Waals surface area contributed by atoms with Gasteiger partial charge in [0.05, 0.1) is 12.2 Å². The Bertz CT molecular complexity index is 509. The molecule has 0 saturated heterocycles. The van der Waals surface area contributed by atoms with E-state index in [4.69, 9.17) is 0 Å². The van der Waals surface area contributed by atoms with E-state index in [0.29, 0.717) is 12.0 Å². The minimum absolute atomic E-state index is 0.416. The van der Waals surface area contributed by atoms with Crippen LogP contribution in [0.2, 0.25) is 0 Å². The van der Waals surface area contributed by atoms with Crippen molar-refractivity contribution < 1.29 is 0 Å². The monoisotopic (exact) mass is 257 g/mol. The number of nitrogens with zero attached hydrogens (tertiary/aromatic N) is 2. The zero-order valence-corrected chi connectivity index (χ0v) is 12.2. The molecule has 0 atom stereocenters. The van der Waals surface area contributed by atoms with Crippen molar-refractivity contribution in [2.24, 2.45) is 0 Å². The lowest BCUT2D eigenvalue weighted by Gasteiger charge is -2.08. The Morgan fingerprint density at radius 1 is 1.05 bits per heavy atom. The van der Waals surface area contributed by atoms with Crippen LogP contribution in [0.15, 0.2) is 36.5 Å². The molecule has 0 aliphatic heterocycles. The van der Waals surface area contributed by atoms with Crippen molar-refractivity contribution >= 4 is 5.69 Å². The maximum Gasteiger partial charge on any atom is 0.0815 e. The first-order valence-corrected chi connectivity index (χ1v) is 6.94. The second kappa shape index (κ2) is 5.91. The number of hydrogen-bond acceptors (Lipinski definition) is 2. The van der Waals surface area contributed by atoms with Crippen LogP contribution in [0.1, 0.15) is 50.9 Å². The van der Waals surface area contributed by atoms with Crippen molar-refractivity contribution in [1.82, 2.24) is 9.78 Å². The van der Waals surface area contributed by atoms with Gasteiger partial charge in [0, 0.05) is 17.9 Å². The molecule has 3 nitrogen and oxygen atoms in total. The third kappa shape index (κ3) is 3.60. The van der Waals surface area contributed by atoms with Crippen LogP contribution in [0, 0.1) is 0 Å². The summed E-state index contributed by atoms with van der Waals surface area (Å²) < 4.78 is 1.98. The topological polar surface area (TPSA) is 29.9 Å². The van der Waals surface area contributed by atoms with Gasteiger partial charge in [0.25, 0.3) is 0 Å². The summed E-state index contributed by atoms with van der Waals surface area (Å²) >= 11 is 0. The van der Waals surface area contributed by atoms with E-state index in [1.165, 1.54) is 5.56 Å². The van der Waals surface area contributed by atoms with Gasteiger partial charge >= 0.3 is 0 Å². The maximum absolute atomic E-state index is 4.52. The second-order valence-corrected chi connectivity index (χ2v) is 5.51.